The number of aliphatic hydroxyl groups is 2. The number of aliphatic hydroxyl groups excluding tert-OH is 2. The van der Waals surface area contributed by atoms with Crippen LogP contribution in [-0.2, 0) is 12.0 Å². The minimum absolute atomic E-state index is 0.0540. The summed E-state index contributed by atoms with van der Waals surface area (Å²) in [7, 11) is 1.66. The molecule has 4 rings (SSSR count). The Kier molecular flexibility index (Phi) is 3.59. The van der Waals surface area contributed by atoms with Gasteiger partial charge in [-0.25, -0.2) is 0 Å². The third-order valence-electron chi connectivity index (χ3n) is 5.45. The van der Waals surface area contributed by atoms with E-state index in [1.165, 1.54) is 11.1 Å². The molecule has 1 aromatic carbocycles. The highest BCUT2D eigenvalue weighted by molar-refractivity contribution is 5.60. The number of methoxy groups -OCH3 is 1. The fourth-order valence-electron chi connectivity index (χ4n) is 4.33. The first-order chi connectivity index (χ1) is 11.2. The van der Waals surface area contributed by atoms with Crippen LogP contribution in [-0.4, -0.2) is 54.1 Å². The standard InChI is InChI=1S/C18H23NO4/c1-22-14-3-2-12-11-19(8-9-20)7-6-18-5-4-13(21)10-15(18)23-17(14)16(12)18/h2-5,13,15,20-21H,6-11H2,1H3/t13-,15?,18?/m0/s1. The van der Waals surface area contributed by atoms with Gasteiger partial charge in [-0.1, -0.05) is 18.2 Å². The van der Waals surface area contributed by atoms with Gasteiger partial charge < -0.3 is 19.7 Å². The second kappa shape index (κ2) is 5.51. The van der Waals surface area contributed by atoms with E-state index in [-0.39, 0.29) is 18.1 Å². The molecule has 0 saturated carbocycles. The highest BCUT2D eigenvalue weighted by atomic mass is 16.5. The SMILES string of the molecule is COc1ccc2c3c1OC1C[C@@H](O)C=CC31CCN(CCO)C2. The van der Waals surface area contributed by atoms with Gasteiger partial charge in [0.1, 0.15) is 6.10 Å². The Hall–Kier alpha value is -1.56. The van der Waals surface area contributed by atoms with Crippen molar-refractivity contribution in [3.63, 3.8) is 0 Å². The molecule has 1 spiro atoms. The quantitative estimate of drug-likeness (QED) is 0.821. The molecule has 0 amide bonds. The number of hydrogen-bond donors (Lipinski definition) is 2. The monoisotopic (exact) mass is 317 g/mol. The molecule has 0 fully saturated rings. The highest BCUT2D eigenvalue weighted by Crippen LogP contribution is 2.55. The molecular weight excluding hydrogens is 294 g/mol. The van der Waals surface area contributed by atoms with Crippen LogP contribution in [0.25, 0.3) is 0 Å². The molecule has 2 heterocycles. The van der Waals surface area contributed by atoms with E-state index in [1.807, 2.05) is 12.1 Å². The molecule has 1 aliphatic carbocycles. The van der Waals surface area contributed by atoms with Crippen molar-refractivity contribution < 1.29 is 19.7 Å². The summed E-state index contributed by atoms with van der Waals surface area (Å²) in [6.07, 6.45) is 5.07. The van der Waals surface area contributed by atoms with E-state index in [0.717, 1.165) is 31.0 Å². The Bertz CT molecular complexity index is 644. The van der Waals surface area contributed by atoms with Crippen LogP contribution in [0.4, 0.5) is 0 Å². The van der Waals surface area contributed by atoms with E-state index >= 15 is 0 Å². The van der Waals surface area contributed by atoms with Crippen molar-refractivity contribution in [3.05, 3.63) is 35.4 Å². The van der Waals surface area contributed by atoms with Crippen LogP contribution in [0.5, 0.6) is 11.5 Å². The van der Waals surface area contributed by atoms with E-state index in [0.29, 0.717) is 13.0 Å². The lowest BCUT2D eigenvalue weighted by Gasteiger charge is -2.35. The first-order valence-electron chi connectivity index (χ1n) is 8.25. The van der Waals surface area contributed by atoms with Gasteiger partial charge in [0.2, 0.25) is 0 Å². The predicted molar refractivity (Wildman–Crippen MR) is 85.8 cm³/mol. The summed E-state index contributed by atoms with van der Waals surface area (Å²) >= 11 is 0. The Morgan fingerprint density at radius 1 is 1.43 bits per heavy atom. The molecule has 2 N–H and O–H groups in total. The molecular formula is C18H23NO4. The maximum atomic E-state index is 10.0. The smallest absolute Gasteiger partial charge is 0.166 e. The molecule has 2 unspecified atom stereocenters. The molecule has 2 aliphatic heterocycles. The zero-order chi connectivity index (χ0) is 16.0. The van der Waals surface area contributed by atoms with Crippen molar-refractivity contribution in [3.8, 4) is 11.5 Å². The van der Waals surface area contributed by atoms with Gasteiger partial charge in [-0.2, -0.15) is 0 Å². The van der Waals surface area contributed by atoms with Crippen molar-refractivity contribution in [2.45, 2.75) is 37.0 Å². The van der Waals surface area contributed by atoms with Crippen LogP contribution < -0.4 is 9.47 Å². The van der Waals surface area contributed by atoms with Crippen LogP contribution in [0.3, 0.4) is 0 Å². The molecule has 5 heteroatoms. The lowest BCUT2D eigenvalue weighted by molar-refractivity contribution is 0.0799. The van der Waals surface area contributed by atoms with E-state index in [9.17, 15) is 10.2 Å². The largest absolute Gasteiger partial charge is 0.493 e. The normalized spacial score (nSPS) is 32.0. The van der Waals surface area contributed by atoms with Gasteiger partial charge in [-0.05, 0) is 24.6 Å². The van der Waals surface area contributed by atoms with Crippen molar-refractivity contribution in [2.24, 2.45) is 0 Å². The second-order valence-electron chi connectivity index (χ2n) is 6.69. The lowest BCUT2D eigenvalue weighted by atomic mass is 9.69. The minimum atomic E-state index is -0.453. The summed E-state index contributed by atoms with van der Waals surface area (Å²) < 4.78 is 11.8. The van der Waals surface area contributed by atoms with Gasteiger partial charge in [0.15, 0.2) is 11.5 Å². The summed E-state index contributed by atoms with van der Waals surface area (Å²) in [5.41, 5.74) is 2.25. The average molecular weight is 317 g/mol. The van der Waals surface area contributed by atoms with Gasteiger partial charge in [-0.15, -0.1) is 0 Å². The second-order valence-corrected chi connectivity index (χ2v) is 6.69. The number of benzene rings is 1. The number of rotatable bonds is 3. The van der Waals surface area contributed by atoms with Crippen LogP contribution >= 0.6 is 0 Å². The van der Waals surface area contributed by atoms with Gasteiger partial charge in [0.05, 0.1) is 25.2 Å². The Labute approximate surface area is 136 Å². The maximum absolute atomic E-state index is 10.0. The number of β-amino-alcohol motifs (C(OH)–C–C–N with tert-alkyl or cyclic N) is 1. The number of hydrogen-bond acceptors (Lipinski definition) is 5. The first-order valence-corrected chi connectivity index (χ1v) is 8.25. The molecule has 3 aliphatic rings. The van der Waals surface area contributed by atoms with Crippen molar-refractivity contribution in [1.29, 1.82) is 0 Å². The number of nitrogens with zero attached hydrogens (tertiary/aromatic N) is 1. The molecule has 0 bridgehead atoms. The molecule has 124 valence electrons. The van der Waals surface area contributed by atoms with Crippen LogP contribution in [0.2, 0.25) is 0 Å². The Morgan fingerprint density at radius 3 is 3.09 bits per heavy atom. The zero-order valence-corrected chi connectivity index (χ0v) is 13.4. The van der Waals surface area contributed by atoms with Crippen molar-refractivity contribution in [2.75, 3.05) is 26.8 Å². The highest BCUT2D eigenvalue weighted by Gasteiger charge is 2.52. The van der Waals surface area contributed by atoms with E-state index in [2.05, 4.69) is 17.0 Å². The van der Waals surface area contributed by atoms with E-state index in [4.69, 9.17) is 9.47 Å². The lowest BCUT2D eigenvalue weighted by Crippen LogP contribution is -2.43. The van der Waals surface area contributed by atoms with Gasteiger partial charge >= 0.3 is 0 Å². The predicted octanol–water partition coefficient (Wildman–Crippen LogP) is 1.21. The zero-order valence-electron chi connectivity index (χ0n) is 13.4. The van der Waals surface area contributed by atoms with E-state index in [1.54, 1.807) is 7.11 Å². The van der Waals surface area contributed by atoms with Crippen LogP contribution in [0.15, 0.2) is 24.3 Å². The average Bonchev–Trinajstić information content (AvgIpc) is 2.79. The van der Waals surface area contributed by atoms with Crippen LogP contribution in [0.1, 0.15) is 24.0 Å². The molecule has 0 radical (unpaired) electrons. The summed E-state index contributed by atoms with van der Waals surface area (Å²) in [6, 6.07) is 4.07. The topological polar surface area (TPSA) is 62.2 Å². The summed E-state index contributed by atoms with van der Waals surface area (Å²) in [5, 5.41) is 19.3. The van der Waals surface area contributed by atoms with Crippen molar-refractivity contribution >= 4 is 0 Å². The summed E-state index contributed by atoms with van der Waals surface area (Å²) in [5.74, 6) is 1.59. The van der Waals surface area contributed by atoms with Crippen LogP contribution in [0, 0.1) is 0 Å². The third-order valence-corrected chi connectivity index (χ3v) is 5.45. The molecule has 3 atom stereocenters. The fourth-order valence-corrected chi connectivity index (χ4v) is 4.33. The van der Waals surface area contributed by atoms with Crippen molar-refractivity contribution in [1.82, 2.24) is 4.90 Å². The van der Waals surface area contributed by atoms with Gasteiger partial charge in [0, 0.05) is 25.1 Å². The van der Waals surface area contributed by atoms with E-state index < -0.39 is 6.10 Å². The summed E-state index contributed by atoms with van der Waals surface area (Å²) in [4.78, 5) is 2.28. The Morgan fingerprint density at radius 2 is 2.30 bits per heavy atom. The fraction of sp³-hybridized carbons (Fsp3) is 0.556. The summed E-state index contributed by atoms with van der Waals surface area (Å²) in [6.45, 7) is 2.55. The van der Waals surface area contributed by atoms with Gasteiger partial charge in [0.25, 0.3) is 0 Å². The molecule has 0 saturated heterocycles. The Balaban J connectivity index is 1.87. The maximum Gasteiger partial charge on any atom is 0.166 e. The molecule has 23 heavy (non-hydrogen) atoms. The third kappa shape index (κ3) is 2.18. The van der Waals surface area contributed by atoms with Gasteiger partial charge in [-0.3, -0.25) is 4.90 Å². The minimum Gasteiger partial charge on any atom is -0.493 e. The first kappa shape index (κ1) is 15.0. The number of ether oxygens (including phenoxy) is 2. The molecule has 0 aromatic heterocycles. The molecule has 5 nitrogen and oxygen atoms in total. The molecule has 1 aromatic rings.